The fourth-order valence-corrected chi connectivity index (χ4v) is 1.74. The van der Waals surface area contributed by atoms with Gasteiger partial charge in [-0.05, 0) is 18.6 Å². The van der Waals surface area contributed by atoms with E-state index in [9.17, 15) is 9.50 Å². The summed E-state index contributed by atoms with van der Waals surface area (Å²) in [5.74, 6) is -0.551. The van der Waals surface area contributed by atoms with Crippen molar-refractivity contribution >= 4 is 35.6 Å². The predicted molar refractivity (Wildman–Crippen MR) is 66.9 cm³/mol. The molecule has 0 heterocycles. The van der Waals surface area contributed by atoms with Crippen LogP contribution in [-0.4, -0.2) is 11.2 Å². The van der Waals surface area contributed by atoms with Crippen LogP contribution in [0.3, 0.4) is 0 Å². The number of hydrogen-bond acceptors (Lipinski definition) is 2. The molecule has 2 nitrogen and oxygen atoms in total. The van der Waals surface area contributed by atoms with E-state index in [1.165, 1.54) is 12.1 Å². The van der Waals surface area contributed by atoms with Crippen molar-refractivity contribution in [1.29, 1.82) is 0 Å². The number of aliphatic hydroxyl groups excluding tert-OH is 1. The molecule has 1 rings (SSSR count). The predicted octanol–water partition coefficient (Wildman–Crippen LogP) is 3.33. The van der Waals surface area contributed by atoms with E-state index >= 15 is 0 Å². The molecular weight excluding hydrogens is 275 g/mol. The SMILES string of the molecule is CC[C@@H](O)[C@@H](N)c1c(F)ccc(Cl)c1Cl.Cl. The van der Waals surface area contributed by atoms with Crippen LogP contribution in [-0.2, 0) is 0 Å². The Morgan fingerprint density at radius 1 is 1.44 bits per heavy atom. The fraction of sp³-hybridized carbons (Fsp3) is 0.400. The maximum atomic E-state index is 13.4. The molecule has 1 aromatic carbocycles. The highest BCUT2D eigenvalue weighted by atomic mass is 35.5. The van der Waals surface area contributed by atoms with E-state index in [1.54, 1.807) is 6.92 Å². The summed E-state index contributed by atoms with van der Waals surface area (Å²) in [5.41, 5.74) is 5.75. The van der Waals surface area contributed by atoms with Gasteiger partial charge in [0.1, 0.15) is 5.82 Å². The molecular formula is C10H13Cl3FNO. The summed E-state index contributed by atoms with van der Waals surface area (Å²) in [5, 5.41) is 9.82. The molecule has 92 valence electrons. The molecule has 0 aliphatic carbocycles. The van der Waals surface area contributed by atoms with Gasteiger partial charge in [0, 0.05) is 5.56 Å². The van der Waals surface area contributed by atoms with Crippen molar-refractivity contribution in [2.75, 3.05) is 0 Å². The molecule has 0 bridgehead atoms. The molecule has 0 saturated carbocycles. The standard InChI is InChI=1S/C10H12Cl2FNO.ClH/c1-2-7(15)10(14)8-6(13)4-3-5(11)9(8)12;/h3-4,7,10,15H,2,14H2,1H3;1H/t7-,10-;/m1./s1. The van der Waals surface area contributed by atoms with Crippen LogP contribution < -0.4 is 5.73 Å². The minimum absolute atomic E-state index is 0. The molecule has 0 spiro atoms. The number of hydrogen-bond donors (Lipinski definition) is 2. The summed E-state index contributed by atoms with van der Waals surface area (Å²) in [6, 6.07) is 1.68. The molecule has 0 radical (unpaired) electrons. The van der Waals surface area contributed by atoms with E-state index in [0.717, 1.165) is 0 Å². The van der Waals surface area contributed by atoms with Gasteiger partial charge in [0.15, 0.2) is 0 Å². The molecule has 0 aliphatic heterocycles. The Bertz CT molecular complexity index is 362. The first-order valence-corrected chi connectivity index (χ1v) is 5.31. The van der Waals surface area contributed by atoms with E-state index in [0.29, 0.717) is 6.42 Å². The maximum absolute atomic E-state index is 13.4. The number of aliphatic hydroxyl groups is 1. The molecule has 1 aromatic rings. The quantitative estimate of drug-likeness (QED) is 0.838. The molecule has 2 atom stereocenters. The second-order valence-electron chi connectivity index (χ2n) is 3.26. The second-order valence-corrected chi connectivity index (χ2v) is 4.04. The molecule has 0 saturated heterocycles. The average Bonchev–Trinajstić information content (AvgIpc) is 2.22. The van der Waals surface area contributed by atoms with Crippen molar-refractivity contribution in [3.05, 3.63) is 33.6 Å². The highest BCUT2D eigenvalue weighted by molar-refractivity contribution is 6.42. The van der Waals surface area contributed by atoms with E-state index in [2.05, 4.69) is 0 Å². The van der Waals surface area contributed by atoms with Crippen LogP contribution in [0.25, 0.3) is 0 Å². The molecule has 0 unspecified atom stereocenters. The molecule has 0 aliphatic rings. The van der Waals surface area contributed by atoms with Gasteiger partial charge < -0.3 is 10.8 Å². The van der Waals surface area contributed by atoms with Crippen molar-refractivity contribution in [2.45, 2.75) is 25.5 Å². The van der Waals surface area contributed by atoms with Gasteiger partial charge in [-0.1, -0.05) is 30.1 Å². The Hall–Kier alpha value is -0.0600. The van der Waals surface area contributed by atoms with Gasteiger partial charge in [-0.15, -0.1) is 12.4 Å². The summed E-state index contributed by atoms with van der Waals surface area (Å²) < 4.78 is 13.4. The minimum atomic E-state index is -0.860. The van der Waals surface area contributed by atoms with E-state index < -0.39 is 18.0 Å². The zero-order valence-corrected chi connectivity index (χ0v) is 10.9. The molecule has 0 fully saturated rings. The Morgan fingerprint density at radius 2 is 2.00 bits per heavy atom. The van der Waals surface area contributed by atoms with Crippen LogP contribution in [0.1, 0.15) is 24.9 Å². The minimum Gasteiger partial charge on any atom is -0.391 e. The first-order valence-electron chi connectivity index (χ1n) is 4.56. The van der Waals surface area contributed by atoms with Gasteiger partial charge in [-0.3, -0.25) is 0 Å². The van der Waals surface area contributed by atoms with E-state index in [-0.39, 0.29) is 28.0 Å². The highest BCUT2D eigenvalue weighted by Gasteiger charge is 2.22. The lowest BCUT2D eigenvalue weighted by Crippen LogP contribution is -2.26. The number of halogens is 4. The third-order valence-electron chi connectivity index (χ3n) is 2.25. The Morgan fingerprint density at radius 3 is 2.50 bits per heavy atom. The maximum Gasteiger partial charge on any atom is 0.129 e. The lowest BCUT2D eigenvalue weighted by atomic mass is 10.00. The monoisotopic (exact) mass is 287 g/mol. The van der Waals surface area contributed by atoms with Crippen molar-refractivity contribution in [2.24, 2.45) is 5.73 Å². The van der Waals surface area contributed by atoms with Gasteiger partial charge in [0.25, 0.3) is 0 Å². The van der Waals surface area contributed by atoms with Gasteiger partial charge in [0.05, 0.1) is 22.2 Å². The topological polar surface area (TPSA) is 46.2 Å². The normalized spacial score (nSPS) is 14.1. The molecule has 0 aromatic heterocycles. The summed E-state index contributed by atoms with van der Waals surface area (Å²) >= 11 is 11.6. The van der Waals surface area contributed by atoms with Crippen LogP contribution in [0.15, 0.2) is 12.1 Å². The summed E-state index contributed by atoms with van der Waals surface area (Å²) in [6.07, 6.45) is -0.417. The van der Waals surface area contributed by atoms with Gasteiger partial charge in [-0.25, -0.2) is 4.39 Å². The lowest BCUT2D eigenvalue weighted by molar-refractivity contribution is 0.139. The Kier molecular flexibility index (Phi) is 6.60. The summed E-state index contributed by atoms with van der Waals surface area (Å²) in [4.78, 5) is 0. The van der Waals surface area contributed by atoms with E-state index in [4.69, 9.17) is 28.9 Å². The van der Waals surface area contributed by atoms with E-state index in [1.807, 2.05) is 0 Å². The number of nitrogens with two attached hydrogens (primary N) is 1. The van der Waals surface area contributed by atoms with Crippen LogP contribution >= 0.6 is 35.6 Å². The third kappa shape index (κ3) is 3.22. The van der Waals surface area contributed by atoms with Crippen molar-refractivity contribution in [3.63, 3.8) is 0 Å². The van der Waals surface area contributed by atoms with Crippen molar-refractivity contribution in [3.8, 4) is 0 Å². The number of benzene rings is 1. The molecule has 6 heteroatoms. The summed E-state index contributed by atoms with van der Waals surface area (Å²) in [7, 11) is 0. The van der Waals surface area contributed by atoms with Gasteiger partial charge >= 0.3 is 0 Å². The average molecular weight is 289 g/mol. The number of rotatable bonds is 3. The fourth-order valence-electron chi connectivity index (χ4n) is 1.29. The first kappa shape index (κ1) is 15.9. The Balaban J connectivity index is 0.00000225. The van der Waals surface area contributed by atoms with Gasteiger partial charge in [0.2, 0.25) is 0 Å². The molecule has 0 amide bonds. The zero-order valence-electron chi connectivity index (χ0n) is 8.58. The van der Waals surface area contributed by atoms with Crippen LogP contribution in [0.5, 0.6) is 0 Å². The second kappa shape index (κ2) is 6.62. The lowest BCUT2D eigenvalue weighted by Gasteiger charge is -2.19. The van der Waals surface area contributed by atoms with Gasteiger partial charge in [-0.2, -0.15) is 0 Å². The highest BCUT2D eigenvalue weighted by Crippen LogP contribution is 2.33. The largest absolute Gasteiger partial charge is 0.391 e. The first-order chi connectivity index (χ1) is 6.99. The smallest absolute Gasteiger partial charge is 0.129 e. The van der Waals surface area contributed by atoms with Crippen LogP contribution in [0.4, 0.5) is 4.39 Å². The zero-order chi connectivity index (χ0) is 11.6. The molecule has 3 N–H and O–H groups in total. The van der Waals surface area contributed by atoms with Crippen LogP contribution in [0, 0.1) is 5.82 Å². The van der Waals surface area contributed by atoms with Crippen LogP contribution in [0.2, 0.25) is 10.0 Å². The van der Waals surface area contributed by atoms with Crippen molar-refractivity contribution in [1.82, 2.24) is 0 Å². The third-order valence-corrected chi connectivity index (χ3v) is 3.06. The van der Waals surface area contributed by atoms with Crippen molar-refractivity contribution < 1.29 is 9.50 Å². The Labute approximate surface area is 110 Å². The summed E-state index contributed by atoms with van der Waals surface area (Å²) in [6.45, 7) is 1.75. The molecule has 16 heavy (non-hydrogen) atoms.